The number of amides is 1. The molecular formula is C11H16ClN3O. The van der Waals surface area contributed by atoms with Gasteiger partial charge in [-0.25, -0.2) is 0 Å². The van der Waals surface area contributed by atoms with Gasteiger partial charge in [0.15, 0.2) is 0 Å². The van der Waals surface area contributed by atoms with Gasteiger partial charge in [-0.15, -0.1) is 0 Å². The standard InChI is InChI=1S/C11H16ClN3O/c1-4-14-11(2,3)10(16)15-9-7-13-6-5-8(9)12/h5-7,14H,4H2,1-3H3,(H,15,16). The van der Waals surface area contributed by atoms with Crippen LogP contribution in [0.2, 0.25) is 5.02 Å². The van der Waals surface area contributed by atoms with Gasteiger partial charge in [0.05, 0.1) is 22.4 Å². The molecule has 2 N–H and O–H groups in total. The summed E-state index contributed by atoms with van der Waals surface area (Å²) in [5, 5.41) is 6.31. The van der Waals surface area contributed by atoms with Crippen molar-refractivity contribution in [1.29, 1.82) is 0 Å². The zero-order valence-electron chi connectivity index (χ0n) is 9.67. The lowest BCUT2D eigenvalue weighted by molar-refractivity contribution is -0.121. The zero-order chi connectivity index (χ0) is 12.2. The van der Waals surface area contributed by atoms with Crippen LogP contribution in [0.5, 0.6) is 0 Å². The average Bonchev–Trinajstić information content (AvgIpc) is 2.21. The highest BCUT2D eigenvalue weighted by molar-refractivity contribution is 6.33. The van der Waals surface area contributed by atoms with Crippen LogP contribution in [0.1, 0.15) is 20.8 Å². The molecule has 0 aromatic carbocycles. The molecule has 0 unspecified atom stereocenters. The van der Waals surface area contributed by atoms with Crippen molar-refractivity contribution in [2.45, 2.75) is 26.3 Å². The number of aromatic nitrogens is 1. The van der Waals surface area contributed by atoms with E-state index in [-0.39, 0.29) is 5.91 Å². The Hall–Kier alpha value is -1.13. The van der Waals surface area contributed by atoms with Gasteiger partial charge in [0.2, 0.25) is 5.91 Å². The van der Waals surface area contributed by atoms with Crippen LogP contribution in [0.25, 0.3) is 0 Å². The second kappa shape index (κ2) is 5.27. The minimum Gasteiger partial charge on any atom is -0.322 e. The van der Waals surface area contributed by atoms with E-state index >= 15 is 0 Å². The third-order valence-electron chi connectivity index (χ3n) is 2.20. The molecule has 1 aromatic rings. The van der Waals surface area contributed by atoms with E-state index in [0.29, 0.717) is 10.7 Å². The Morgan fingerprint density at radius 3 is 2.81 bits per heavy atom. The summed E-state index contributed by atoms with van der Waals surface area (Å²) in [4.78, 5) is 15.8. The summed E-state index contributed by atoms with van der Waals surface area (Å²) in [6, 6.07) is 1.64. The van der Waals surface area contributed by atoms with E-state index in [1.807, 2.05) is 20.8 Å². The van der Waals surface area contributed by atoms with Crippen molar-refractivity contribution in [2.75, 3.05) is 11.9 Å². The zero-order valence-corrected chi connectivity index (χ0v) is 10.4. The van der Waals surface area contributed by atoms with Crippen LogP contribution in [0.15, 0.2) is 18.5 Å². The van der Waals surface area contributed by atoms with Crippen LogP contribution < -0.4 is 10.6 Å². The number of hydrogen-bond acceptors (Lipinski definition) is 3. The van der Waals surface area contributed by atoms with Crippen LogP contribution in [0.4, 0.5) is 5.69 Å². The molecule has 1 heterocycles. The molecule has 0 saturated heterocycles. The van der Waals surface area contributed by atoms with Gasteiger partial charge in [0.25, 0.3) is 0 Å². The normalized spacial score (nSPS) is 11.2. The molecule has 0 spiro atoms. The van der Waals surface area contributed by atoms with E-state index < -0.39 is 5.54 Å². The van der Waals surface area contributed by atoms with Gasteiger partial charge in [-0.3, -0.25) is 9.78 Å². The highest BCUT2D eigenvalue weighted by Gasteiger charge is 2.26. The average molecular weight is 242 g/mol. The topological polar surface area (TPSA) is 54.0 Å². The first-order valence-corrected chi connectivity index (χ1v) is 5.51. The molecule has 0 aliphatic carbocycles. The van der Waals surface area contributed by atoms with Crippen molar-refractivity contribution in [2.24, 2.45) is 0 Å². The maximum Gasteiger partial charge on any atom is 0.244 e. The molecular weight excluding hydrogens is 226 g/mol. The summed E-state index contributed by atoms with van der Waals surface area (Å²) in [6.07, 6.45) is 3.11. The Morgan fingerprint density at radius 2 is 2.25 bits per heavy atom. The molecule has 1 amide bonds. The summed E-state index contributed by atoms with van der Waals surface area (Å²) < 4.78 is 0. The molecule has 0 atom stereocenters. The van der Waals surface area contributed by atoms with E-state index in [0.717, 1.165) is 6.54 Å². The smallest absolute Gasteiger partial charge is 0.244 e. The fourth-order valence-corrected chi connectivity index (χ4v) is 1.42. The number of nitrogens with zero attached hydrogens (tertiary/aromatic N) is 1. The number of likely N-dealkylation sites (N-methyl/N-ethyl adjacent to an activating group) is 1. The Balaban J connectivity index is 2.75. The van der Waals surface area contributed by atoms with Crippen LogP contribution in [-0.4, -0.2) is 23.0 Å². The number of pyridine rings is 1. The maximum absolute atomic E-state index is 11.9. The van der Waals surface area contributed by atoms with Gasteiger partial charge in [-0.05, 0) is 26.5 Å². The molecule has 0 bridgehead atoms. The van der Waals surface area contributed by atoms with Gasteiger partial charge in [0, 0.05) is 6.20 Å². The van der Waals surface area contributed by atoms with E-state index in [9.17, 15) is 4.79 Å². The number of anilines is 1. The summed E-state index contributed by atoms with van der Waals surface area (Å²) in [6.45, 7) is 6.31. The van der Waals surface area contributed by atoms with Gasteiger partial charge in [0.1, 0.15) is 0 Å². The second-order valence-corrected chi connectivity index (χ2v) is 4.37. The number of hydrogen-bond donors (Lipinski definition) is 2. The first-order chi connectivity index (χ1) is 7.47. The number of halogens is 1. The highest BCUT2D eigenvalue weighted by Crippen LogP contribution is 2.20. The molecule has 16 heavy (non-hydrogen) atoms. The van der Waals surface area contributed by atoms with Gasteiger partial charge >= 0.3 is 0 Å². The Morgan fingerprint density at radius 1 is 1.56 bits per heavy atom. The third-order valence-corrected chi connectivity index (χ3v) is 2.53. The minimum atomic E-state index is -0.631. The maximum atomic E-state index is 11.9. The van der Waals surface area contributed by atoms with Crippen LogP contribution >= 0.6 is 11.6 Å². The van der Waals surface area contributed by atoms with Crippen LogP contribution in [0, 0.1) is 0 Å². The monoisotopic (exact) mass is 241 g/mol. The van der Waals surface area contributed by atoms with Crippen LogP contribution in [-0.2, 0) is 4.79 Å². The number of rotatable bonds is 4. The molecule has 1 rings (SSSR count). The van der Waals surface area contributed by atoms with Gasteiger partial charge in [-0.1, -0.05) is 18.5 Å². The lowest BCUT2D eigenvalue weighted by Gasteiger charge is -2.24. The predicted octanol–water partition coefficient (Wildman–Crippen LogP) is 2.06. The SMILES string of the molecule is CCNC(C)(C)C(=O)Nc1cnccc1Cl. The Bertz CT molecular complexity index is 379. The van der Waals surface area contributed by atoms with Crippen molar-refractivity contribution in [3.05, 3.63) is 23.5 Å². The molecule has 0 fully saturated rings. The second-order valence-electron chi connectivity index (χ2n) is 3.96. The third kappa shape index (κ3) is 3.18. The van der Waals surface area contributed by atoms with Crippen molar-refractivity contribution in [1.82, 2.24) is 10.3 Å². The summed E-state index contributed by atoms with van der Waals surface area (Å²) in [7, 11) is 0. The van der Waals surface area contributed by atoms with Crippen LogP contribution in [0.3, 0.4) is 0 Å². The summed E-state index contributed by atoms with van der Waals surface area (Å²) >= 11 is 5.92. The van der Waals surface area contributed by atoms with E-state index in [2.05, 4.69) is 15.6 Å². The van der Waals surface area contributed by atoms with Crippen molar-refractivity contribution < 1.29 is 4.79 Å². The minimum absolute atomic E-state index is 0.135. The Labute approximate surface area is 100 Å². The van der Waals surface area contributed by atoms with Crippen molar-refractivity contribution >= 4 is 23.2 Å². The highest BCUT2D eigenvalue weighted by atomic mass is 35.5. The number of carbonyl (C=O) groups is 1. The molecule has 0 radical (unpaired) electrons. The Kier molecular flexibility index (Phi) is 4.26. The largest absolute Gasteiger partial charge is 0.322 e. The van der Waals surface area contributed by atoms with Crippen molar-refractivity contribution in [3.63, 3.8) is 0 Å². The number of nitrogens with one attached hydrogen (secondary N) is 2. The summed E-state index contributed by atoms with van der Waals surface area (Å²) in [5.74, 6) is -0.135. The van der Waals surface area contributed by atoms with Gasteiger partial charge in [-0.2, -0.15) is 0 Å². The van der Waals surface area contributed by atoms with Crippen molar-refractivity contribution in [3.8, 4) is 0 Å². The quantitative estimate of drug-likeness (QED) is 0.849. The molecule has 4 nitrogen and oxygen atoms in total. The molecule has 88 valence electrons. The molecule has 0 saturated carbocycles. The first kappa shape index (κ1) is 12.9. The van der Waals surface area contributed by atoms with E-state index in [4.69, 9.17) is 11.6 Å². The lowest BCUT2D eigenvalue weighted by atomic mass is 10.0. The number of carbonyl (C=O) groups excluding carboxylic acids is 1. The predicted molar refractivity (Wildman–Crippen MR) is 65.6 cm³/mol. The molecule has 5 heteroatoms. The van der Waals surface area contributed by atoms with E-state index in [1.165, 1.54) is 6.20 Å². The molecule has 1 aromatic heterocycles. The van der Waals surface area contributed by atoms with E-state index in [1.54, 1.807) is 12.3 Å². The molecule has 0 aliphatic rings. The fraction of sp³-hybridized carbons (Fsp3) is 0.455. The lowest BCUT2D eigenvalue weighted by Crippen LogP contribution is -2.49. The summed E-state index contributed by atoms with van der Waals surface area (Å²) in [5.41, 5.74) is -0.103. The first-order valence-electron chi connectivity index (χ1n) is 5.13. The molecule has 0 aliphatic heterocycles. The van der Waals surface area contributed by atoms with Gasteiger partial charge < -0.3 is 10.6 Å². The fourth-order valence-electron chi connectivity index (χ4n) is 1.27.